The van der Waals surface area contributed by atoms with Crippen LogP contribution in [0.1, 0.15) is 31.9 Å². The Balaban J connectivity index is 1.85. The average Bonchev–Trinajstić information content (AvgIpc) is 2.51. The summed E-state index contributed by atoms with van der Waals surface area (Å²) in [5.74, 6) is -0.155. The van der Waals surface area contributed by atoms with E-state index in [1.54, 1.807) is 6.07 Å². The number of halogens is 1. The molecule has 0 aliphatic heterocycles. The number of ether oxygens (including phenoxy) is 1. The molecule has 128 valence electrons. The van der Waals surface area contributed by atoms with Crippen LogP contribution >= 0.6 is 0 Å². The SMILES string of the molecule is CC(=O)Nc1ccc(CNCc2ccc(OC(C)C)c(F)c2)cc1. The molecule has 4 nitrogen and oxygen atoms in total. The number of hydrogen-bond donors (Lipinski definition) is 2. The van der Waals surface area contributed by atoms with Gasteiger partial charge in [-0.15, -0.1) is 0 Å². The third-order valence-corrected chi connectivity index (χ3v) is 3.29. The first-order valence-corrected chi connectivity index (χ1v) is 7.96. The molecule has 24 heavy (non-hydrogen) atoms. The predicted molar refractivity (Wildman–Crippen MR) is 93.5 cm³/mol. The number of anilines is 1. The Labute approximate surface area is 142 Å². The number of rotatable bonds is 7. The lowest BCUT2D eigenvalue weighted by Gasteiger charge is -2.12. The van der Waals surface area contributed by atoms with E-state index in [9.17, 15) is 9.18 Å². The van der Waals surface area contributed by atoms with E-state index in [-0.39, 0.29) is 23.6 Å². The molecule has 0 fully saturated rings. The number of amides is 1. The number of benzene rings is 2. The van der Waals surface area contributed by atoms with Crippen LogP contribution in [0.5, 0.6) is 5.75 Å². The van der Waals surface area contributed by atoms with E-state index in [1.807, 2.05) is 44.2 Å². The van der Waals surface area contributed by atoms with Gasteiger partial charge in [0, 0.05) is 25.7 Å². The van der Waals surface area contributed by atoms with Gasteiger partial charge in [-0.2, -0.15) is 0 Å². The van der Waals surface area contributed by atoms with Crippen molar-refractivity contribution in [1.29, 1.82) is 0 Å². The molecule has 5 heteroatoms. The molecule has 0 spiro atoms. The normalized spacial score (nSPS) is 10.7. The van der Waals surface area contributed by atoms with Gasteiger partial charge in [0.05, 0.1) is 6.10 Å². The average molecular weight is 330 g/mol. The minimum atomic E-state index is -0.345. The van der Waals surface area contributed by atoms with Gasteiger partial charge in [-0.3, -0.25) is 4.79 Å². The first-order valence-electron chi connectivity index (χ1n) is 7.96. The van der Waals surface area contributed by atoms with Gasteiger partial charge in [0.2, 0.25) is 5.91 Å². The molecule has 0 saturated heterocycles. The fourth-order valence-electron chi connectivity index (χ4n) is 2.26. The lowest BCUT2D eigenvalue weighted by atomic mass is 10.1. The van der Waals surface area contributed by atoms with E-state index >= 15 is 0 Å². The van der Waals surface area contributed by atoms with Crippen LogP contribution in [-0.4, -0.2) is 12.0 Å². The fraction of sp³-hybridized carbons (Fsp3) is 0.316. The van der Waals surface area contributed by atoms with Crippen LogP contribution in [0.2, 0.25) is 0 Å². The molecule has 0 saturated carbocycles. The van der Waals surface area contributed by atoms with E-state index in [2.05, 4.69) is 10.6 Å². The van der Waals surface area contributed by atoms with Gasteiger partial charge in [-0.05, 0) is 49.2 Å². The molecule has 0 unspecified atom stereocenters. The summed E-state index contributed by atoms with van der Waals surface area (Å²) < 4.78 is 19.3. The van der Waals surface area contributed by atoms with Crippen molar-refractivity contribution in [3.8, 4) is 5.75 Å². The molecule has 0 atom stereocenters. The molecule has 2 aromatic rings. The molecule has 0 bridgehead atoms. The lowest BCUT2D eigenvalue weighted by Crippen LogP contribution is -2.13. The zero-order valence-corrected chi connectivity index (χ0v) is 14.2. The molecule has 1 amide bonds. The summed E-state index contributed by atoms with van der Waals surface area (Å²) >= 11 is 0. The highest BCUT2D eigenvalue weighted by atomic mass is 19.1. The summed E-state index contributed by atoms with van der Waals surface area (Å²) in [4.78, 5) is 11.0. The van der Waals surface area contributed by atoms with Crippen molar-refractivity contribution in [2.45, 2.75) is 40.0 Å². The van der Waals surface area contributed by atoms with Crippen molar-refractivity contribution in [1.82, 2.24) is 5.32 Å². The molecule has 0 radical (unpaired) electrons. The van der Waals surface area contributed by atoms with Crippen molar-refractivity contribution in [2.75, 3.05) is 5.32 Å². The van der Waals surface area contributed by atoms with Crippen molar-refractivity contribution >= 4 is 11.6 Å². The zero-order chi connectivity index (χ0) is 17.5. The lowest BCUT2D eigenvalue weighted by molar-refractivity contribution is -0.114. The van der Waals surface area contributed by atoms with Gasteiger partial charge < -0.3 is 15.4 Å². The molecule has 0 aliphatic carbocycles. The van der Waals surface area contributed by atoms with Crippen LogP contribution < -0.4 is 15.4 Å². The Hall–Kier alpha value is -2.40. The maximum Gasteiger partial charge on any atom is 0.221 e. The van der Waals surface area contributed by atoms with Gasteiger partial charge in [-0.25, -0.2) is 4.39 Å². The zero-order valence-electron chi connectivity index (χ0n) is 14.2. The maximum atomic E-state index is 13.9. The molecular weight excluding hydrogens is 307 g/mol. The highest BCUT2D eigenvalue weighted by molar-refractivity contribution is 5.88. The molecule has 2 N–H and O–H groups in total. The second-order valence-corrected chi connectivity index (χ2v) is 5.91. The van der Waals surface area contributed by atoms with Crippen LogP contribution in [0.4, 0.5) is 10.1 Å². The Morgan fingerprint density at radius 3 is 2.29 bits per heavy atom. The fourth-order valence-corrected chi connectivity index (χ4v) is 2.26. The van der Waals surface area contributed by atoms with Gasteiger partial charge in [0.1, 0.15) is 0 Å². The van der Waals surface area contributed by atoms with Crippen molar-refractivity contribution < 1.29 is 13.9 Å². The molecule has 0 aromatic heterocycles. The summed E-state index contributed by atoms with van der Waals surface area (Å²) in [5, 5.41) is 6.00. The third kappa shape index (κ3) is 5.66. The minimum Gasteiger partial charge on any atom is -0.488 e. The Morgan fingerprint density at radius 1 is 1.08 bits per heavy atom. The number of hydrogen-bond acceptors (Lipinski definition) is 3. The summed E-state index contributed by atoms with van der Waals surface area (Å²) in [6, 6.07) is 12.6. The first kappa shape index (κ1) is 17.9. The van der Waals surface area contributed by atoms with Crippen LogP contribution in [0.25, 0.3) is 0 Å². The van der Waals surface area contributed by atoms with Crippen molar-refractivity contribution in [3.05, 3.63) is 59.4 Å². The van der Waals surface area contributed by atoms with Crippen LogP contribution in [0.15, 0.2) is 42.5 Å². The van der Waals surface area contributed by atoms with Crippen molar-refractivity contribution in [2.24, 2.45) is 0 Å². The van der Waals surface area contributed by atoms with Gasteiger partial charge in [0.25, 0.3) is 0 Å². The quantitative estimate of drug-likeness (QED) is 0.810. The van der Waals surface area contributed by atoms with Crippen molar-refractivity contribution in [3.63, 3.8) is 0 Å². The summed E-state index contributed by atoms with van der Waals surface area (Å²) in [6.45, 7) is 6.43. The molecule has 0 heterocycles. The summed E-state index contributed by atoms with van der Waals surface area (Å²) in [6.07, 6.45) is -0.0519. The van der Waals surface area contributed by atoms with Gasteiger partial charge in [-0.1, -0.05) is 18.2 Å². The number of carbonyl (C=O) groups is 1. The maximum absolute atomic E-state index is 13.9. The second-order valence-electron chi connectivity index (χ2n) is 5.91. The van der Waals surface area contributed by atoms with Crippen LogP contribution in [-0.2, 0) is 17.9 Å². The molecule has 2 aromatic carbocycles. The highest BCUT2D eigenvalue weighted by Gasteiger charge is 2.06. The Morgan fingerprint density at radius 2 is 1.71 bits per heavy atom. The van der Waals surface area contributed by atoms with E-state index in [1.165, 1.54) is 13.0 Å². The monoisotopic (exact) mass is 330 g/mol. The topological polar surface area (TPSA) is 50.4 Å². The number of nitrogens with one attached hydrogen (secondary N) is 2. The standard InChI is InChI=1S/C19H23FN2O2/c1-13(2)24-19-9-6-16(10-18(19)20)12-21-11-15-4-7-17(8-5-15)22-14(3)23/h4-10,13,21H,11-12H2,1-3H3,(H,22,23). The molecule has 2 rings (SSSR count). The molecular formula is C19H23FN2O2. The van der Waals surface area contributed by atoms with E-state index in [0.29, 0.717) is 13.1 Å². The Bertz CT molecular complexity index is 684. The highest BCUT2D eigenvalue weighted by Crippen LogP contribution is 2.19. The second kappa shape index (κ2) is 8.45. The number of carbonyl (C=O) groups excluding carboxylic acids is 1. The Kier molecular flexibility index (Phi) is 6.32. The van der Waals surface area contributed by atoms with Crippen LogP contribution in [0.3, 0.4) is 0 Å². The van der Waals surface area contributed by atoms with E-state index in [0.717, 1.165) is 16.8 Å². The smallest absolute Gasteiger partial charge is 0.221 e. The summed E-state index contributed by atoms with van der Waals surface area (Å²) in [7, 11) is 0. The van der Waals surface area contributed by atoms with Gasteiger partial charge >= 0.3 is 0 Å². The summed E-state index contributed by atoms with van der Waals surface area (Å²) in [5.41, 5.74) is 2.72. The first-order chi connectivity index (χ1) is 11.4. The largest absolute Gasteiger partial charge is 0.488 e. The van der Waals surface area contributed by atoms with Gasteiger partial charge in [0.15, 0.2) is 11.6 Å². The predicted octanol–water partition coefficient (Wildman–Crippen LogP) is 3.86. The molecule has 0 aliphatic rings. The third-order valence-electron chi connectivity index (χ3n) is 3.29. The minimum absolute atomic E-state index is 0.0519. The van der Waals surface area contributed by atoms with Crippen LogP contribution in [0, 0.1) is 5.82 Å². The van der Waals surface area contributed by atoms with E-state index < -0.39 is 0 Å². The van der Waals surface area contributed by atoms with E-state index in [4.69, 9.17) is 4.74 Å².